The highest BCUT2D eigenvalue weighted by Crippen LogP contribution is 2.44. The van der Waals surface area contributed by atoms with Crippen LogP contribution in [0.1, 0.15) is 29.4 Å². The van der Waals surface area contributed by atoms with Gasteiger partial charge in [-0.1, -0.05) is 0 Å². The van der Waals surface area contributed by atoms with E-state index in [2.05, 4.69) is 27.4 Å². The number of rotatable bonds is 0. The van der Waals surface area contributed by atoms with Crippen LogP contribution in [-0.2, 0) is 9.59 Å². The number of carboxylic acid groups (broad SMARTS) is 2. The Morgan fingerprint density at radius 2 is 1.41 bits per heavy atom. The number of piperidine rings is 1. The van der Waals surface area contributed by atoms with E-state index < -0.39 is 11.9 Å². The number of carbonyl (C=O) groups is 2. The largest absolute Gasteiger partial charge is 0.473 e. The molecule has 2 atom stereocenters. The molecule has 2 aliphatic rings. The second-order valence-corrected chi connectivity index (χ2v) is 5.42. The third-order valence-electron chi connectivity index (χ3n) is 4.09. The Morgan fingerprint density at radius 3 is 1.82 bits per heavy atom. The maximum atomic E-state index is 9.10. The predicted molar refractivity (Wildman–Crippen MR) is 77.8 cm³/mol. The summed E-state index contributed by atoms with van der Waals surface area (Å²) >= 11 is 0. The summed E-state index contributed by atoms with van der Waals surface area (Å²) in [5.74, 6) is -2.26. The topological polar surface area (TPSA) is 112 Å². The van der Waals surface area contributed by atoms with Gasteiger partial charge in [0.15, 0.2) is 0 Å². The molecule has 0 unspecified atom stereocenters. The van der Waals surface area contributed by atoms with Crippen molar-refractivity contribution in [3.8, 4) is 0 Å². The van der Waals surface area contributed by atoms with Gasteiger partial charge in [0.2, 0.25) is 0 Å². The first-order valence-electron chi connectivity index (χ1n) is 6.97. The summed E-state index contributed by atoms with van der Waals surface area (Å²) in [6.45, 7) is 2.24. The monoisotopic (exact) mass is 301 g/mol. The fourth-order valence-electron chi connectivity index (χ4n) is 3.17. The van der Waals surface area contributed by atoms with Gasteiger partial charge in [-0.3, -0.25) is 9.97 Å². The standard InChI is InChI=1S/C13H13N3.C2H2O4/c1-2-16-13-5-11-9-3-8(6-14-7-9)10(11)4-12(13)15-1;3-1(4)2(5)6/h1-2,4-5,8-9,14H,3,6-7H2;(H,3,4)(H,5,6)/t8-,9-;/m1./s1. The molecule has 2 bridgehead atoms. The Kier molecular flexibility index (Phi) is 3.72. The van der Waals surface area contributed by atoms with Gasteiger partial charge >= 0.3 is 11.9 Å². The molecular weight excluding hydrogens is 286 g/mol. The Morgan fingerprint density at radius 1 is 0.955 bits per heavy atom. The summed E-state index contributed by atoms with van der Waals surface area (Å²) in [5.41, 5.74) is 5.08. The lowest BCUT2D eigenvalue weighted by molar-refractivity contribution is -0.159. The molecule has 1 aromatic heterocycles. The molecule has 1 aliphatic carbocycles. The zero-order chi connectivity index (χ0) is 15.7. The van der Waals surface area contributed by atoms with Crippen molar-refractivity contribution in [1.29, 1.82) is 0 Å². The molecule has 2 aromatic rings. The van der Waals surface area contributed by atoms with Crippen molar-refractivity contribution in [2.45, 2.75) is 18.3 Å². The summed E-state index contributed by atoms with van der Waals surface area (Å²) < 4.78 is 0. The zero-order valence-corrected chi connectivity index (χ0v) is 11.7. The van der Waals surface area contributed by atoms with Gasteiger partial charge in [0.05, 0.1) is 11.0 Å². The van der Waals surface area contributed by atoms with Gasteiger partial charge in [0.25, 0.3) is 0 Å². The number of hydrogen-bond donors (Lipinski definition) is 3. The zero-order valence-electron chi connectivity index (χ0n) is 11.7. The van der Waals surface area contributed by atoms with Crippen molar-refractivity contribution in [3.63, 3.8) is 0 Å². The molecule has 1 saturated heterocycles. The van der Waals surface area contributed by atoms with Crippen LogP contribution in [0.4, 0.5) is 0 Å². The minimum Gasteiger partial charge on any atom is -0.473 e. The molecular formula is C15H15N3O4. The number of nitrogens with one attached hydrogen (secondary N) is 1. The van der Waals surface area contributed by atoms with E-state index in [4.69, 9.17) is 19.8 Å². The van der Waals surface area contributed by atoms with Crippen LogP contribution in [-0.4, -0.2) is 45.2 Å². The molecule has 0 amide bonds. The first-order valence-corrected chi connectivity index (χ1v) is 6.97. The lowest BCUT2D eigenvalue weighted by Crippen LogP contribution is -2.28. The highest BCUT2D eigenvalue weighted by atomic mass is 16.4. The van der Waals surface area contributed by atoms with Crippen molar-refractivity contribution in [2.24, 2.45) is 0 Å². The minimum absolute atomic E-state index is 0.695. The molecule has 1 fully saturated rings. The average molecular weight is 301 g/mol. The second kappa shape index (κ2) is 5.69. The maximum absolute atomic E-state index is 9.10. The quantitative estimate of drug-likeness (QED) is 0.621. The van der Waals surface area contributed by atoms with Crippen molar-refractivity contribution < 1.29 is 19.8 Å². The Bertz CT molecular complexity index is 686. The van der Waals surface area contributed by atoms with Gasteiger partial charge in [0.1, 0.15) is 0 Å². The molecule has 2 heterocycles. The van der Waals surface area contributed by atoms with E-state index >= 15 is 0 Å². The molecule has 1 aliphatic heterocycles. The molecule has 0 saturated carbocycles. The van der Waals surface area contributed by atoms with Gasteiger partial charge in [-0.05, 0) is 41.5 Å². The summed E-state index contributed by atoms with van der Waals surface area (Å²) in [5, 5.41) is 18.3. The van der Waals surface area contributed by atoms with Gasteiger partial charge in [0, 0.05) is 25.5 Å². The summed E-state index contributed by atoms with van der Waals surface area (Å²) in [4.78, 5) is 27.0. The molecule has 1 aromatic carbocycles. The van der Waals surface area contributed by atoms with E-state index in [1.165, 1.54) is 17.5 Å². The lowest BCUT2D eigenvalue weighted by atomic mass is 9.98. The van der Waals surface area contributed by atoms with Crippen LogP contribution in [0.5, 0.6) is 0 Å². The van der Waals surface area contributed by atoms with E-state index in [-0.39, 0.29) is 0 Å². The van der Waals surface area contributed by atoms with E-state index in [1.807, 2.05) is 0 Å². The SMILES string of the molecule is O=C(O)C(=O)O.c1cnc2cc3c(cc2n1)[C@H]1CNC[C@H]3C1. The van der Waals surface area contributed by atoms with Crippen LogP contribution < -0.4 is 5.32 Å². The smallest absolute Gasteiger partial charge is 0.414 e. The van der Waals surface area contributed by atoms with E-state index in [1.54, 1.807) is 12.4 Å². The number of nitrogens with zero attached hydrogens (tertiary/aromatic N) is 2. The molecule has 7 heteroatoms. The highest BCUT2D eigenvalue weighted by molar-refractivity contribution is 6.27. The molecule has 3 N–H and O–H groups in total. The third-order valence-corrected chi connectivity index (χ3v) is 4.09. The predicted octanol–water partition coefficient (Wildman–Crippen LogP) is 0.959. The second-order valence-electron chi connectivity index (χ2n) is 5.42. The highest BCUT2D eigenvalue weighted by Gasteiger charge is 2.34. The minimum atomic E-state index is -1.82. The number of benzene rings is 1. The van der Waals surface area contributed by atoms with Crippen LogP contribution in [0.2, 0.25) is 0 Å². The summed E-state index contributed by atoms with van der Waals surface area (Å²) in [6, 6.07) is 4.49. The fourth-order valence-corrected chi connectivity index (χ4v) is 3.17. The average Bonchev–Trinajstić information content (AvgIpc) is 2.76. The van der Waals surface area contributed by atoms with E-state index in [0.717, 1.165) is 24.1 Å². The third kappa shape index (κ3) is 2.62. The summed E-state index contributed by atoms with van der Waals surface area (Å²) in [6.07, 6.45) is 4.85. The molecule has 0 radical (unpaired) electrons. The number of carboxylic acids is 2. The maximum Gasteiger partial charge on any atom is 0.414 e. The van der Waals surface area contributed by atoms with Crippen LogP contribution in [0, 0.1) is 0 Å². The normalized spacial score (nSPS) is 21.6. The van der Waals surface area contributed by atoms with Crippen LogP contribution in [0.25, 0.3) is 11.0 Å². The summed E-state index contributed by atoms with van der Waals surface area (Å²) in [7, 11) is 0. The number of aromatic nitrogens is 2. The first-order chi connectivity index (χ1) is 10.6. The molecule has 7 nitrogen and oxygen atoms in total. The Labute approximate surface area is 126 Å². The van der Waals surface area contributed by atoms with Crippen molar-refractivity contribution in [1.82, 2.24) is 15.3 Å². The van der Waals surface area contributed by atoms with Crippen LogP contribution >= 0.6 is 0 Å². The fraction of sp³-hybridized carbons (Fsp3) is 0.333. The lowest BCUT2D eigenvalue weighted by Gasteiger charge is -2.19. The number of fused-ring (bicyclic) bond motifs is 6. The van der Waals surface area contributed by atoms with Crippen LogP contribution in [0.15, 0.2) is 24.5 Å². The Hall–Kier alpha value is -2.54. The number of hydrogen-bond acceptors (Lipinski definition) is 5. The van der Waals surface area contributed by atoms with Gasteiger partial charge in [-0.25, -0.2) is 9.59 Å². The molecule has 22 heavy (non-hydrogen) atoms. The Balaban J connectivity index is 0.000000209. The van der Waals surface area contributed by atoms with Crippen molar-refractivity contribution in [2.75, 3.05) is 13.1 Å². The van der Waals surface area contributed by atoms with E-state index in [9.17, 15) is 0 Å². The van der Waals surface area contributed by atoms with Gasteiger partial charge in [-0.2, -0.15) is 0 Å². The van der Waals surface area contributed by atoms with E-state index in [0.29, 0.717) is 11.8 Å². The van der Waals surface area contributed by atoms with Crippen molar-refractivity contribution >= 4 is 23.0 Å². The van der Waals surface area contributed by atoms with Crippen molar-refractivity contribution in [3.05, 3.63) is 35.7 Å². The molecule has 4 rings (SSSR count). The first kappa shape index (κ1) is 14.4. The van der Waals surface area contributed by atoms with Gasteiger partial charge in [-0.15, -0.1) is 0 Å². The van der Waals surface area contributed by atoms with Gasteiger partial charge < -0.3 is 15.5 Å². The number of aliphatic carboxylic acids is 2. The van der Waals surface area contributed by atoms with Crippen LogP contribution in [0.3, 0.4) is 0 Å². The molecule has 114 valence electrons. The molecule has 0 spiro atoms.